The lowest BCUT2D eigenvalue weighted by molar-refractivity contribution is 0.685. The molecule has 1 rings (SSSR count). The van der Waals surface area contributed by atoms with Gasteiger partial charge in [-0.05, 0) is 19.3 Å². The molecule has 0 aromatic carbocycles. The van der Waals surface area contributed by atoms with Crippen molar-refractivity contribution in [1.82, 2.24) is 0 Å². The van der Waals surface area contributed by atoms with Gasteiger partial charge in [0.1, 0.15) is 0 Å². The van der Waals surface area contributed by atoms with E-state index in [1.165, 1.54) is 0 Å². The summed E-state index contributed by atoms with van der Waals surface area (Å²) in [5.74, 6) is 0.202. The largest absolute Gasteiger partial charge is 0.198 e. The topological polar surface area (TPSA) is 23.8 Å². The summed E-state index contributed by atoms with van der Waals surface area (Å²) in [4.78, 5) is 0. The maximum absolute atomic E-state index is 8.59. The molecule has 0 unspecified atom stereocenters. The van der Waals surface area contributed by atoms with Crippen LogP contribution in [0.1, 0.15) is 19.3 Å². The monoisotopic (exact) mass is 133 g/mol. The molecule has 52 valence electrons. The lowest BCUT2D eigenvalue weighted by Crippen LogP contribution is -1.93. The Balaban J connectivity index is 2.49. The average Bonchev–Trinajstić information content (AvgIpc) is 1.87. The molecule has 0 saturated heterocycles. The fraction of sp³-hybridized carbons (Fsp3) is 0.444. The molecule has 1 heteroatoms. The van der Waals surface area contributed by atoms with Gasteiger partial charge in [-0.25, -0.2) is 0 Å². The smallest absolute Gasteiger partial charge is 0.0662 e. The molecule has 1 nitrogen and oxygen atoms in total. The Labute approximate surface area is 61.7 Å². The highest BCUT2D eigenvalue weighted by Crippen LogP contribution is 2.11. The van der Waals surface area contributed by atoms with Crippen molar-refractivity contribution in [2.45, 2.75) is 19.3 Å². The molecule has 0 heterocycles. The first kappa shape index (κ1) is 7.08. The third-order valence-electron chi connectivity index (χ3n) is 1.63. The van der Waals surface area contributed by atoms with Gasteiger partial charge in [-0.1, -0.05) is 24.3 Å². The minimum atomic E-state index is 0.202. The fourth-order valence-electron chi connectivity index (χ4n) is 0.994. The van der Waals surface area contributed by atoms with Gasteiger partial charge in [0.05, 0.1) is 12.0 Å². The molecular formula is C9H11N. The summed E-state index contributed by atoms with van der Waals surface area (Å²) in [5, 5.41) is 8.59. The van der Waals surface area contributed by atoms with Crippen LogP contribution >= 0.6 is 0 Å². The molecule has 0 aromatic rings. The van der Waals surface area contributed by atoms with Crippen LogP contribution in [0.5, 0.6) is 0 Å². The van der Waals surface area contributed by atoms with Crippen LogP contribution in [0.3, 0.4) is 0 Å². The Morgan fingerprint density at radius 3 is 2.20 bits per heavy atom. The minimum absolute atomic E-state index is 0.202. The molecule has 0 radical (unpaired) electrons. The van der Waals surface area contributed by atoms with Gasteiger partial charge in [-0.2, -0.15) is 5.26 Å². The number of nitrogens with zero attached hydrogens (tertiary/aromatic N) is 1. The van der Waals surface area contributed by atoms with Gasteiger partial charge in [0.2, 0.25) is 0 Å². The zero-order valence-electron chi connectivity index (χ0n) is 5.96. The maximum Gasteiger partial charge on any atom is 0.0662 e. The number of rotatable bonds is 0. The minimum Gasteiger partial charge on any atom is -0.198 e. The standard InChI is InChI=1S/C9H11N/c10-8-9-6-4-2-1-3-5-7-9/h2-5,9H,1,6-7H2. The highest BCUT2D eigenvalue weighted by atomic mass is 14.3. The first-order chi connectivity index (χ1) is 4.93. The predicted octanol–water partition coefficient (Wildman–Crippen LogP) is 2.42. The number of hydrogen-bond donors (Lipinski definition) is 0. The second-order valence-electron chi connectivity index (χ2n) is 2.48. The zero-order valence-corrected chi connectivity index (χ0v) is 5.96. The molecule has 1 aliphatic rings. The molecule has 0 fully saturated rings. The van der Waals surface area contributed by atoms with Crippen molar-refractivity contribution in [3.8, 4) is 6.07 Å². The first-order valence-corrected chi connectivity index (χ1v) is 3.63. The van der Waals surface area contributed by atoms with Crippen molar-refractivity contribution in [3.05, 3.63) is 24.3 Å². The first-order valence-electron chi connectivity index (χ1n) is 3.63. The van der Waals surface area contributed by atoms with Crippen molar-refractivity contribution in [1.29, 1.82) is 5.26 Å². The van der Waals surface area contributed by atoms with Crippen LogP contribution in [0.4, 0.5) is 0 Å². The summed E-state index contributed by atoms with van der Waals surface area (Å²) >= 11 is 0. The van der Waals surface area contributed by atoms with E-state index in [1.54, 1.807) is 0 Å². The van der Waals surface area contributed by atoms with E-state index < -0.39 is 0 Å². The Bertz CT molecular complexity index is 169. The summed E-state index contributed by atoms with van der Waals surface area (Å²) < 4.78 is 0. The Morgan fingerprint density at radius 2 is 1.70 bits per heavy atom. The summed E-state index contributed by atoms with van der Waals surface area (Å²) in [6, 6.07) is 2.27. The van der Waals surface area contributed by atoms with Crippen molar-refractivity contribution in [2.75, 3.05) is 0 Å². The molecule has 0 aliphatic heterocycles. The van der Waals surface area contributed by atoms with E-state index in [2.05, 4.69) is 30.4 Å². The van der Waals surface area contributed by atoms with Crippen LogP contribution in [0, 0.1) is 17.2 Å². The predicted molar refractivity (Wildman–Crippen MR) is 41.2 cm³/mol. The van der Waals surface area contributed by atoms with E-state index in [1.807, 2.05) is 0 Å². The van der Waals surface area contributed by atoms with E-state index in [0.29, 0.717) is 0 Å². The average molecular weight is 133 g/mol. The number of nitriles is 1. The van der Waals surface area contributed by atoms with Crippen LogP contribution in [0.25, 0.3) is 0 Å². The van der Waals surface area contributed by atoms with Gasteiger partial charge in [0.25, 0.3) is 0 Å². The normalized spacial score (nSPS) is 24.9. The summed E-state index contributed by atoms with van der Waals surface area (Å²) in [5.41, 5.74) is 0. The fourth-order valence-corrected chi connectivity index (χ4v) is 0.994. The second kappa shape index (κ2) is 3.90. The van der Waals surface area contributed by atoms with Gasteiger partial charge in [-0.3, -0.25) is 0 Å². The van der Waals surface area contributed by atoms with Crippen LogP contribution in [-0.2, 0) is 0 Å². The molecule has 1 aliphatic carbocycles. The summed E-state index contributed by atoms with van der Waals surface area (Å²) in [7, 11) is 0. The van der Waals surface area contributed by atoms with Crippen molar-refractivity contribution in [2.24, 2.45) is 5.92 Å². The quantitative estimate of drug-likeness (QED) is 0.465. The molecular weight excluding hydrogens is 122 g/mol. The Hall–Kier alpha value is -1.03. The highest BCUT2D eigenvalue weighted by molar-refractivity contribution is 5.02. The molecule has 0 saturated carbocycles. The van der Waals surface area contributed by atoms with Crippen LogP contribution < -0.4 is 0 Å². The summed E-state index contributed by atoms with van der Waals surface area (Å²) in [6.07, 6.45) is 11.3. The highest BCUT2D eigenvalue weighted by Gasteiger charge is 2.02. The third-order valence-corrected chi connectivity index (χ3v) is 1.63. The molecule has 0 bridgehead atoms. The van der Waals surface area contributed by atoms with Gasteiger partial charge in [-0.15, -0.1) is 0 Å². The molecule has 0 N–H and O–H groups in total. The van der Waals surface area contributed by atoms with Crippen LogP contribution in [0.2, 0.25) is 0 Å². The van der Waals surface area contributed by atoms with E-state index in [-0.39, 0.29) is 5.92 Å². The zero-order chi connectivity index (χ0) is 7.23. The Kier molecular flexibility index (Phi) is 2.76. The second-order valence-corrected chi connectivity index (χ2v) is 2.48. The van der Waals surface area contributed by atoms with Gasteiger partial charge in [0.15, 0.2) is 0 Å². The lowest BCUT2D eigenvalue weighted by atomic mass is 10.0. The SMILES string of the molecule is N#CC1CC=CCC=CC1. The molecule has 0 amide bonds. The molecule has 10 heavy (non-hydrogen) atoms. The summed E-state index contributed by atoms with van der Waals surface area (Å²) in [6.45, 7) is 0. The maximum atomic E-state index is 8.59. The lowest BCUT2D eigenvalue weighted by Gasteiger charge is -2.02. The van der Waals surface area contributed by atoms with Crippen molar-refractivity contribution < 1.29 is 0 Å². The number of allylic oxidation sites excluding steroid dienone is 4. The third kappa shape index (κ3) is 2.06. The van der Waals surface area contributed by atoms with Gasteiger partial charge >= 0.3 is 0 Å². The van der Waals surface area contributed by atoms with E-state index in [4.69, 9.17) is 5.26 Å². The number of hydrogen-bond acceptors (Lipinski definition) is 1. The van der Waals surface area contributed by atoms with Gasteiger partial charge in [0, 0.05) is 0 Å². The van der Waals surface area contributed by atoms with Crippen molar-refractivity contribution >= 4 is 0 Å². The van der Waals surface area contributed by atoms with Crippen LogP contribution in [0.15, 0.2) is 24.3 Å². The van der Waals surface area contributed by atoms with Crippen molar-refractivity contribution in [3.63, 3.8) is 0 Å². The van der Waals surface area contributed by atoms with E-state index in [9.17, 15) is 0 Å². The van der Waals surface area contributed by atoms with E-state index in [0.717, 1.165) is 19.3 Å². The molecule has 0 spiro atoms. The van der Waals surface area contributed by atoms with E-state index >= 15 is 0 Å². The molecule has 0 aromatic heterocycles. The van der Waals surface area contributed by atoms with Crippen LogP contribution in [-0.4, -0.2) is 0 Å². The van der Waals surface area contributed by atoms with Gasteiger partial charge < -0.3 is 0 Å². The molecule has 0 atom stereocenters. The Morgan fingerprint density at radius 1 is 1.10 bits per heavy atom.